The molecule has 0 spiro atoms. The van der Waals surface area contributed by atoms with Gasteiger partial charge in [-0.15, -0.1) is 0 Å². The van der Waals surface area contributed by atoms with Crippen LogP contribution in [0.3, 0.4) is 0 Å². The molecular weight excluding hydrogens is 353 g/mol. The van der Waals surface area contributed by atoms with Crippen LogP contribution in [0.5, 0.6) is 5.75 Å². The van der Waals surface area contributed by atoms with Gasteiger partial charge in [-0.05, 0) is 48.6 Å². The molecule has 0 bridgehead atoms. The van der Waals surface area contributed by atoms with E-state index in [1.54, 1.807) is 0 Å². The Labute approximate surface area is 126 Å². The van der Waals surface area contributed by atoms with Crippen molar-refractivity contribution in [1.82, 2.24) is 9.97 Å². The summed E-state index contributed by atoms with van der Waals surface area (Å²) in [5, 5.41) is 3.10. The predicted molar refractivity (Wildman–Crippen MR) is 85.6 cm³/mol. The monoisotopic (exact) mass is 369 g/mol. The molecule has 0 amide bonds. The van der Waals surface area contributed by atoms with Crippen LogP contribution in [0.15, 0.2) is 24.3 Å². The summed E-state index contributed by atoms with van der Waals surface area (Å²) in [6.45, 7) is 4.58. The summed E-state index contributed by atoms with van der Waals surface area (Å²) in [5.41, 5.74) is 1.88. The van der Waals surface area contributed by atoms with Gasteiger partial charge in [0.05, 0.1) is 21.4 Å². The lowest BCUT2D eigenvalue weighted by Gasteiger charge is -2.12. The Morgan fingerprint density at radius 1 is 1.26 bits per heavy atom. The zero-order chi connectivity index (χ0) is 13.8. The summed E-state index contributed by atoms with van der Waals surface area (Å²) in [6.07, 6.45) is 0. The van der Waals surface area contributed by atoms with E-state index >= 15 is 0 Å². The van der Waals surface area contributed by atoms with Gasteiger partial charge in [-0.3, -0.25) is 0 Å². The summed E-state index contributed by atoms with van der Waals surface area (Å²) in [5.74, 6) is 2.34. The first-order valence-corrected chi connectivity index (χ1v) is 7.19. The SMILES string of the molecule is CCOc1ccccc1-c1nc(C)c(I)c(NC)n1. The first-order chi connectivity index (χ1) is 9.17. The molecule has 0 aliphatic carbocycles. The van der Waals surface area contributed by atoms with Gasteiger partial charge in [0.25, 0.3) is 0 Å². The smallest absolute Gasteiger partial charge is 0.165 e. The first-order valence-electron chi connectivity index (χ1n) is 6.11. The lowest BCUT2D eigenvalue weighted by molar-refractivity contribution is 0.341. The lowest BCUT2D eigenvalue weighted by atomic mass is 10.2. The third-order valence-corrected chi connectivity index (χ3v) is 3.97. The minimum Gasteiger partial charge on any atom is -0.493 e. The van der Waals surface area contributed by atoms with Crippen molar-refractivity contribution in [3.8, 4) is 17.1 Å². The van der Waals surface area contributed by atoms with E-state index in [2.05, 4.69) is 37.9 Å². The van der Waals surface area contributed by atoms with Gasteiger partial charge in [0, 0.05) is 7.05 Å². The Morgan fingerprint density at radius 3 is 2.68 bits per heavy atom. The second-order valence-corrected chi connectivity index (χ2v) is 5.05. The Balaban J connectivity index is 2.56. The van der Waals surface area contributed by atoms with Crippen molar-refractivity contribution in [3.63, 3.8) is 0 Å². The van der Waals surface area contributed by atoms with Gasteiger partial charge in [-0.2, -0.15) is 0 Å². The van der Waals surface area contributed by atoms with Crippen LogP contribution in [0.1, 0.15) is 12.6 Å². The molecule has 1 heterocycles. The predicted octanol–water partition coefficient (Wildman–Crippen LogP) is 3.50. The Morgan fingerprint density at radius 2 is 2.00 bits per heavy atom. The van der Waals surface area contributed by atoms with E-state index < -0.39 is 0 Å². The van der Waals surface area contributed by atoms with Gasteiger partial charge >= 0.3 is 0 Å². The number of rotatable bonds is 4. The van der Waals surface area contributed by atoms with Crippen molar-refractivity contribution < 1.29 is 4.74 Å². The molecule has 2 rings (SSSR count). The third-order valence-electron chi connectivity index (χ3n) is 2.68. The number of hydrogen-bond acceptors (Lipinski definition) is 4. The summed E-state index contributed by atoms with van der Waals surface area (Å²) >= 11 is 2.25. The summed E-state index contributed by atoms with van der Waals surface area (Å²) in [7, 11) is 1.86. The average Bonchev–Trinajstić information content (AvgIpc) is 2.43. The van der Waals surface area contributed by atoms with E-state index in [4.69, 9.17) is 4.74 Å². The standard InChI is InChI=1S/C14H16IN3O/c1-4-19-11-8-6-5-7-10(11)13-17-9(2)12(15)14(16-3)18-13/h5-8H,4H2,1-3H3,(H,16,17,18). The number of para-hydroxylation sites is 1. The Kier molecular flexibility index (Phi) is 4.57. The summed E-state index contributed by atoms with van der Waals surface area (Å²) in [6, 6.07) is 7.83. The zero-order valence-electron chi connectivity index (χ0n) is 11.2. The van der Waals surface area contributed by atoms with Crippen molar-refractivity contribution in [2.45, 2.75) is 13.8 Å². The number of aryl methyl sites for hydroxylation is 1. The van der Waals surface area contributed by atoms with Gasteiger partial charge in [-0.25, -0.2) is 9.97 Å². The molecule has 19 heavy (non-hydrogen) atoms. The van der Waals surface area contributed by atoms with Crippen molar-refractivity contribution in [2.75, 3.05) is 19.0 Å². The molecule has 4 nitrogen and oxygen atoms in total. The molecular formula is C14H16IN3O. The van der Waals surface area contributed by atoms with Crippen molar-refractivity contribution in [1.29, 1.82) is 0 Å². The first kappa shape index (κ1) is 14.0. The maximum Gasteiger partial charge on any atom is 0.165 e. The molecule has 5 heteroatoms. The molecule has 0 atom stereocenters. The average molecular weight is 369 g/mol. The molecule has 1 aromatic carbocycles. The fourth-order valence-corrected chi connectivity index (χ4v) is 2.29. The van der Waals surface area contributed by atoms with Crippen LogP contribution >= 0.6 is 22.6 Å². The van der Waals surface area contributed by atoms with Crippen LogP contribution in [0.2, 0.25) is 0 Å². The van der Waals surface area contributed by atoms with Gasteiger partial charge in [0.15, 0.2) is 5.82 Å². The van der Waals surface area contributed by atoms with Crippen molar-refractivity contribution >= 4 is 28.4 Å². The number of anilines is 1. The number of halogens is 1. The van der Waals surface area contributed by atoms with Gasteiger partial charge in [0.2, 0.25) is 0 Å². The third kappa shape index (κ3) is 2.97. The number of hydrogen-bond donors (Lipinski definition) is 1. The van der Waals surface area contributed by atoms with Gasteiger partial charge in [0.1, 0.15) is 11.6 Å². The molecule has 1 aromatic heterocycles. The number of nitrogens with zero attached hydrogens (tertiary/aromatic N) is 2. The highest BCUT2D eigenvalue weighted by Crippen LogP contribution is 2.29. The zero-order valence-corrected chi connectivity index (χ0v) is 13.4. The highest BCUT2D eigenvalue weighted by Gasteiger charge is 2.13. The Bertz CT molecular complexity index is 587. The maximum atomic E-state index is 5.63. The van der Waals surface area contributed by atoms with Crippen LogP contribution in [0.25, 0.3) is 11.4 Å². The van der Waals surface area contributed by atoms with Crippen LogP contribution < -0.4 is 10.1 Å². The topological polar surface area (TPSA) is 47.0 Å². The van der Waals surface area contributed by atoms with E-state index in [1.807, 2.05) is 45.2 Å². The number of benzene rings is 1. The summed E-state index contributed by atoms with van der Waals surface area (Å²) < 4.78 is 6.67. The van der Waals surface area contributed by atoms with Crippen molar-refractivity contribution in [2.24, 2.45) is 0 Å². The molecule has 100 valence electrons. The normalized spacial score (nSPS) is 10.3. The van der Waals surface area contributed by atoms with E-state index in [1.165, 1.54) is 0 Å². The van der Waals surface area contributed by atoms with Crippen LogP contribution in [0.4, 0.5) is 5.82 Å². The summed E-state index contributed by atoms with van der Waals surface area (Å²) in [4.78, 5) is 9.11. The van der Waals surface area contributed by atoms with Crippen molar-refractivity contribution in [3.05, 3.63) is 33.5 Å². The molecule has 1 N–H and O–H groups in total. The fourth-order valence-electron chi connectivity index (χ4n) is 1.78. The van der Waals surface area contributed by atoms with Gasteiger partial charge in [-0.1, -0.05) is 12.1 Å². The second-order valence-electron chi connectivity index (χ2n) is 3.97. The highest BCUT2D eigenvalue weighted by molar-refractivity contribution is 14.1. The molecule has 0 radical (unpaired) electrons. The van der Waals surface area contributed by atoms with E-state index in [9.17, 15) is 0 Å². The minimum atomic E-state index is 0.624. The number of aromatic nitrogens is 2. The molecule has 0 fully saturated rings. The molecule has 2 aromatic rings. The second kappa shape index (κ2) is 6.18. The fraction of sp³-hybridized carbons (Fsp3) is 0.286. The van der Waals surface area contributed by atoms with E-state index in [0.717, 1.165) is 26.4 Å². The van der Waals surface area contributed by atoms with Crippen LogP contribution in [-0.2, 0) is 0 Å². The molecule has 0 aliphatic heterocycles. The maximum absolute atomic E-state index is 5.63. The van der Waals surface area contributed by atoms with E-state index in [-0.39, 0.29) is 0 Å². The Hall–Kier alpha value is -1.37. The quantitative estimate of drug-likeness (QED) is 0.839. The highest BCUT2D eigenvalue weighted by atomic mass is 127. The number of nitrogens with one attached hydrogen (secondary N) is 1. The minimum absolute atomic E-state index is 0.624. The lowest BCUT2D eigenvalue weighted by Crippen LogP contribution is -2.04. The largest absolute Gasteiger partial charge is 0.493 e. The molecule has 0 aliphatic rings. The molecule has 0 saturated heterocycles. The number of ether oxygens (including phenoxy) is 1. The molecule has 0 saturated carbocycles. The molecule has 0 unspecified atom stereocenters. The van der Waals surface area contributed by atoms with E-state index in [0.29, 0.717) is 12.4 Å². The van der Waals surface area contributed by atoms with Crippen LogP contribution in [-0.4, -0.2) is 23.6 Å². The van der Waals surface area contributed by atoms with Crippen LogP contribution in [0, 0.1) is 10.5 Å². The van der Waals surface area contributed by atoms with Gasteiger partial charge < -0.3 is 10.1 Å².